The first-order valence-corrected chi connectivity index (χ1v) is 42.7. The van der Waals surface area contributed by atoms with Gasteiger partial charge in [-0.15, -0.1) is 0 Å². The van der Waals surface area contributed by atoms with Crippen molar-refractivity contribution in [2.24, 2.45) is 79.8 Å². The van der Waals surface area contributed by atoms with Crippen LogP contribution in [0.2, 0.25) is 0 Å². The molecular formula is C93H142N14O13. The number of amides is 3. The molecule has 3 amide bonds. The number of aliphatic hydroxyl groups is 4. The summed E-state index contributed by atoms with van der Waals surface area (Å²) >= 11 is 0. The molecule has 6 saturated carbocycles. The number of carboxylic acids is 1. The first kappa shape index (κ1) is 95.2. The second kappa shape index (κ2) is 41.0. The maximum atomic E-state index is 14.4. The van der Waals surface area contributed by atoms with E-state index in [9.17, 15) is 44.7 Å². The molecule has 0 unspecified atom stereocenters. The molecule has 0 spiro atoms. The zero-order chi connectivity index (χ0) is 88.4. The van der Waals surface area contributed by atoms with Crippen molar-refractivity contribution < 1.29 is 63.9 Å². The van der Waals surface area contributed by atoms with Crippen LogP contribution >= 0.6 is 0 Å². The smallest absolute Gasteiger partial charge is 0.335 e. The van der Waals surface area contributed by atoms with Gasteiger partial charge < -0.3 is 86.1 Å². The Morgan fingerprint density at radius 2 is 0.975 bits per heavy atom. The SMILES string of the molecule is CC(C)C[C@H](N)CN=C(N(C)C)N(C)C.COc1c(CN2O[C@@H](CO)[C@@H]([C@H](C)O)[C@H]2C(=O)N[C@H]2C[C@H]3C[C@@H]([C@@H]2C)C3(C)C)cccc1-c1cc(C(=O)N[C@H](CN=C(N(C)C)N(C)C)Cc2ccccc2)cc(N(C)C)c1.COc1c(CN2O[C@@H](CO)[C@@H]([C@H](C)O)[C@H]2C(=O)N[C@H]2C[C@H]3C[C@@H]([C@@H]2C)C3(C)C)cccc1-c1cc(C(=O)O)cc(N(C)C)c1. The third-order valence-electron chi connectivity index (χ3n) is 26.3. The number of ether oxygens (including phenoxy) is 2. The molecule has 27 nitrogen and oxygen atoms in total. The highest BCUT2D eigenvalue weighted by Gasteiger charge is 2.59. The number of nitrogens with two attached hydrogens (primary N) is 1. The molecule has 6 aliphatic carbocycles. The highest BCUT2D eigenvalue weighted by molar-refractivity contribution is 5.98. The Kier molecular flexibility index (Phi) is 32.5. The van der Waals surface area contributed by atoms with Crippen molar-refractivity contribution in [2.45, 2.75) is 182 Å². The van der Waals surface area contributed by atoms with Crippen LogP contribution in [0.5, 0.6) is 11.5 Å². The fourth-order valence-electron chi connectivity index (χ4n) is 19.7. The maximum absolute atomic E-state index is 14.4. The molecule has 8 aliphatic rings. The van der Waals surface area contributed by atoms with Crippen molar-refractivity contribution >= 4 is 47.0 Å². The molecule has 10 N–H and O–H groups in total. The number of carboxylic acid groups (broad SMARTS) is 1. The van der Waals surface area contributed by atoms with Gasteiger partial charge in [0.25, 0.3) is 5.91 Å². The number of aromatic carboxylic acids is 1. The molecule has 18 atom stereocenters. The third-order valence-corrected chi connectivity index (χ3v) is 26.3. The number of carbonyl (C=O) groups excluding carboxylic acids is 3. The van der Waals surface area contributed by atoms with Crippen LogP contribution in [-0.2, 0) is 38.8 Å². The first-order chi connectivity index (χ1) is 56.6. The summed E-state index contributed by atoms with van der Waals surface area (Å²) in [5, 5.41) is 65.3. The highest BCUT2D eigenvalue weighted by Crippen LogP contribution is 2.62. The van der Waals surface area contributed by atoms with Crippen molar-refractivity contribution in [2.75, 3.05) is 135 Å². The van der Waals surface area contributed by atoms with Crippen molar-refractivity contribution in [3.05, 3.63) is 131 Å². The van der Waals surface area contributed by atoms with Crippen LogP contribution in [0.1, 0.15) is 139 Å². The average molecular weight is 1660 g/mol. The van der Waals surface area contributed by atoms with Crippen molar-refractivity contribution in [1.29, 1.82) is 0 Å². The van der Waals surface area contributed by atoms with Crippen LogP contribution in [0.25, 0.3) is 22.3 Å². The normalized spacial score (nSPS) is 25.3. The molecule has 5 aromatic carbocycles. The third kappa shape index (κ3) is 22.0. The van der Waals surface area contributed by atoms with Crippen LogP contribution < -0.4 is 41.0 Å². The van der Waals surface area contributed by atoms with E-state index in [2.05, 4.69) is 88.5 Å². The van der Waals surface area contributed by atoms with E-state index in [-0.39, 0.29) is 84.6 Å². The second-order valence-corrected chi connectivity index (χ2v) is 37.2. The lowest BCUT2D eigenvalue weighted by molar-refractivity contribution is -0.183. The number of para-hydroxylation sites is 2. The summed E-state index contributed by atoms with van der Waals surface area (Å²) in [5.74, 6) is 3.39. The number of fused-ring (bicyclic) bond motifs is 4. The summed E-state index contributed by atoms with van der Waals surface area (Å²) < 4.78 is 12.0. The molecule has 0 aromatic heterocycles. The Morgan fingerprint density at radius 3 is 1.33 bits per heavy atom. The fraction of sp³-hybridized carbons (Fsp3) is 0.613. The van der Waals surface area contributed by atoms with Gasteiger partial charge in [-0.05, 0) is 158 Å². The number of rotatable bonds is 29. The number of nitrogens with zero attached hydrogens (tertiary/aromatic N) is 10. The van der Waals surface area contributed by atoms with E-state index >= 15 is 0 Å². The number of carbonyl (C=O) groups is 4. The van der Waals surface area contributed by atoms with E-state index in [0.717, 1.165) is 64.8 Å². The van der Waals surface area contributed by atoms with Gasteiger partial charge >= 0.3 is 5.97 Å². The Labute approximate surface area is 713 Å². The standard InChI is InChI=1S/C48H69N7O6.C34H47N3O7.C11H26N4/c1-29-39-24-35(48(39,3)4)25-40(29)51-46(59)43-42(30(2)57)41(28-56)61-55(43)27-32-18-15-19-38(44(32)60-11)33-21-34(23-37(22-33)52(5)6)45(58)50-36(20-31-16-13-12-14-17-31)26-49-47(53(7)8)54(9)10;1-18-26-14-23(34(26,3)4)15-27(18)35-32(40)30-29(19(2)39)28(17-38)44-37(30)16-20-9-8-10-25(31(20)43-7)21-11-22(33(41)42)13-24(12-21)36(5)6;1-9(2)7-10(12)8-13-11(14(3)4)15(5)6/h12-19,21-23,29-30,35-36,39-43,56-57H,20,24-28H2,1-11H3,(H,50,58)(H,51,59);8-13,18-19,23,26-30,38-39H,14-17H2,1-7H3,(H,35,40)(H,41,42);9-10H,7-8,12H2,1-6H3/t29-,30-,35+,36-,39-,40-,41-,42+,43-;18-,19-,23+,26-,27-,28-,29+,30-;10-/m000/s1. The summed E-state index contributed by atoms with van der Waals surface area (Å²) in [7, 11) is 26.5. The summed E-state index contributed by atoms with van der Waals surface area (Å²) in [4.78, 5) is 88.3. The summed E-state index contributed by atoms with van der Waals surface area (Å²) in [5.41, 5.74) is 14.2. The molecule has 13 rings (SSSR count). The zero-order valence-corrected chi connectivity index (χ0v) is 75.8. The number of hydrogen-bond acceptors (Lipinski definition) is 19. The summed E-state index contributed by atoms with van der Waals surface area (Å²) in [6, 6.07) is 30.7. The minimum absolute atomic E-state index is 0.0251. The first-order valence-electron chi connectivity index (χ1n) is 42.7. The lowest BCUT2D eigenvalue weighted by Crippen LogP contribution is -2.62. The van der Waals surface area contributed by atoms with Crippen LogP contribution in [0.4, 0.5) is 11.4 Å². The van der Waals surface area contributed by atoms with Crippen molar-refractivity contribution in [1.82, 2.24) is 45.7 Å². The van der Waals surface area contributed by atoms with Crippen LogP contribution in [0, 0.1) is 64.1 Å². The van der Waals surface area contributed by atoms with Gasteiger partial charge in [0.15, 0.2) is 11.9 Å². The number of benzene rings is 5. The van der Waals surface area contributed by atoms with E-state index in [1.807, 2.05) is 193 Å². The number of guanidine groups is 2. The van der Waals surface area contributed by atoms with Gasteiger partial charge in [-0.3, -0.25) is 34.0 Å². The van der Waals surface area contributed by atoms with Crippen molar-refractivity contribution in [3.8, 4) is 33.8 Å². The van der Waals surface area contributed by atoms with Crippen molar-refractivity contribution in [3.63, 3.8) is 0 Å². The second-order valence-electron chi connectivity index (χ2n) is 37.2. The summed E-state index contributed by atoms with van der Waals surface area (Å²) in [6.45, 7) is 22.1. The predicted molar refractivity (Wildman–Crippen MR) is 476 cm³/mol. The van der Waals surface area contributed by atoms with E-state index in [4.69, 9.17) is 29.9 Å². The van der Waals surface area contributed by atoms with Gasteiger partial charge in [0.2, 0.25) is 11.8 Å². The molecular weight excluding hydrogens is 1520 g/mol. The number of hydroxylamine groups is 4. The molecule has 0 radical (unpaired) electrons. The number of methoxy groups -OCH3 is 2. The number of aliphatic imine (C=N–C) groups is 2. The number of hydrogen-bond donors (Lipinski definition) is 9. The molecule has 662 valence electrons. The summed E-state index contributed by atoms with van der Waals surface area (Å²) in [6.07, 6.45) is 2.52. The quantitative estimate of drug-likeness (QED) is 0.0159. The van der Waals surface area contributed by atoms with Gasteiger partial charge in [-0.25, -0.2) is 4.79 Å². The minimum Gasteiger partial charge on any atom is -0.496 e. The molecule has 2 heterocycles. The van der Waals surface area contributed by atoms with E-state index < -0.39 is 54.3 Å². The molecule has 2 saturated heterocycles. The van der Waals surface area contributed by atoms with Crippen LogP contribution in [0.3, 0.4) is 0 Å². The van der Waals surface area contributed by atoms with E-state index in [1.54, 1.807) is 50.3 Å². The zero-order valence-electron chi connectivity index (χ0n) is 75.8. The predicted octanol–water partition coefficient (Wildman–Crippen LogP) is 9.54. The topological polar surface area (TPSA) is 319 Å². The van der Waals surface area contributed by atoms with E-state index in [0.29, 0.717) is 94.7 Å². The highest BCUT2D eigenvalue weighted by atomic mass is 16.7. The molecule has 5 aromatic rings. The number of aliphatic hydroxyl groups excluding tert-OH is 4. The Morgan fingerprint density at radius 1 is 0.567 bits per heavy atom. The maximum Gasteiger partial charge on any atom is 0.335 e. The molecule has 27 heteroatoms. The fourth-order valence-corrected chi connectivity index (χ4v) is 19.7. The molecule has 2 aliphatic heterocycles. The van der Waals surface area contributed by atoms with Crippen LogP contribution in [0.15, 0.2) is 113 Å². The van der Waals surface area contributed by atoms with Gasteiger partial charge in [0.05, 0.1) is 77.4 Å². The largest absolute Gasteiger partial charge is 0.496 e. The molecule has 120 heavy (non-hydrogen) atoms. The Bertz CT molecular complexity index is 4300. The monoisotopic (exact) mass is 1660 g/mol. The van der Waals surface area contributed by atoms with Gasteiger partial charge in [-0.1, -0.05) is 122 Å². The lowest BCUT2D eigenvalue weighted by Gasteiger charge is -2.62. The number of anilines is 2. The van der Waals surface area contributed by atoms with Gasteiger partial charge in [-0.2, -0.15) is 10.1 Å². The van der Waals surface area contributed by atoms with E-state index in [1.165, 1.54) is 12.8 Å². The van der Waals surface area contributed by atoms with Gasteiger partial charge in [0, 0.05) is 154 Å². The molecule has 4 bridgehead atoms. The van der Waals surface area contributed by atoms with Crippen LogP contribution in [-0.4, -0.2) is 277 Å². The average Bonchev–Trinajstić information content (AvgIpc) is 0.779. The Balaban J connectivity index is 0.000000241. The minimum atomic E-state index is -1.03. The molecule has 8 fully saturated rings. The lowest BCUT2D eigenvalue weighted by atomic mass is 9.45. The van der Waals surface area contributed by atoms with Gasteiger partial charge in [0.1, 0.15) is 35.8 Å². The number of nitrogens with one attached hydrogen (secondary N) is 3. The Hall–Kier alpha value is -8.64.